The van der Waals surface area contributed by atoms with Crippen LogP contribution in [-0.2, 0) is 14.8 Å². The number of carbonyl (C=O) groups is 2. The Bertz CT molecular complexity index is 1210. The fourth-order valence-electron chi connectivity index (χ4n) is 4.50. The molecule has 0 saturated carbocycles. The summed E-state index contributed by atoms with van der Waals surface area (Å²) in [7, 11) is -0.704. The third kappa shape index (κ3) is 5.69. The van der Waals surface area contributed by atoms with Crippen LogP contribution in [0.3, 0.4) is 0 Å². The molecule has 0 radical (unpaired) electrons. The number of likely N-dealkylation sites (N-methyl/N-ethyl adjacent to an activating group) is 1. The largest absolute Gasteiger partial charge is 0.495 e. The van der Waals surface area contributed by atoms with Crippen molar-refractivity contribution in [1.29, 1.82) is 0 Å². The molecule has 1 atom stereocenters. The van der Waals surface area contributed by atoms with E-state index in [0.717, 1.165) is 25.2 Å². The van der Waals surface area contributed by atoms with Crippen LogP contribution in [0, 0.1) is 11.7 Å². The van der Waals surface area contributed by atoms with Crippen LogP contribution in [0.4, 0.5) is 10.1 Å². The molecule has 2 amide bonds. The Morgan fingerprint density at radius 3 is 2.39 bits per heavy atom. The van der Waals surface area contributed by atoms with Gasteiger partial charge in [0.25, 0.3) is 5.91 Å². The molecule has 9 nitrogen and oxygen atoms in total. The number of ether oxygens (including phenoxy) is 1. The third-order valence-corrected chi connectivity index (χ3v) is 8.57. The van der Waals surface area contributed by atoms with Gasteiger partial charge in [-0.25, -0.2) is 12.8 Å². The number of piperazine rings is 1. The maximum Gasteiger partial charge on any atom is 0.253 e. The van der Waals surface area contributed by atoms with Crippen LogP contribution >= 0.6 is 0 Å². The second-order valence-electron chi connectivity index (χ2n) is 9.16. The summed E-state index contributed by atoms with van der Waals surface area (Å²) in [5, 5.41) is 2.83. The fraction of sp³-hybridized carbons (Fsp3) is 0.440. The predicted octanol–water partition coefficient (Wildman–Crippen LogP) is 2.26. The van der Waals surface area contributed by atoms with E-state index in [9.17, 15) is 22.4 Å². The molecule has 1 N–H and O–H groups in total. The Balaban J connectivity index is 1.40. The first-order valence-electron chi connectivity index (χ1n) is 11.9. The van der Waals surface area contributed by atoms with Crippen molar-refractivity contribution >= 4 is 27.5 Å². The molecule has 2 aliphatic rings. The molecule has 11 heteroatoms. The molecule has 2 aliphatic heterocycles. The van der Waals surface area contributed by atoms with Crippen molar-refractivity contribution in [2.45, 2.75) is 17.7 Å². The standard InChI is InChI=1S/C25H31FN4O5S/c1-28-12-14-29(15-13-28)25(32)18-5-8-21(9-6-18)27-24(31)19-4-3-11-30(17-19)36(33,34)23-16-20(26)7-10-22(23)35-2/h5-10,16,19H,3-4,11-15,17H2,1-2H3,(H,27,31)/t19-/m0/s1. The first-order chi connectivity index (χ1) is 17.2. The zero-order valence-electron chi connectivity index (χ0n) is 20.4. The number of hydrogen-bond acceptors (Lipinski definition) is 6. The number of methoxy groups -OCH3 is 1. The van der Waals surface area contributed by atoms with Gasteiger partial charge in [0.15, 0.2) is 0 Å². The number of amides is 2. The van der Waals surface area contributed by atoms with Crippen molar-refractivity contribution in [2.24, 2.45) is 5.92 Å². The lowest BCUT2D eigenvalue weighted by Crippen LogP contribution is -2.47. The van der Waals surface area contributed by atoms with E-state index in [4.69, 9.17) is 4.74 Å². The number of anilines is 1. The van der Waals surface area contributed by atoms with E-state index in [1.165, 1.54) is 17.5 Å². The second-order valence-corrected chi connectivity index (χ2v) is 11.1. The summed E-state index contributed by atoms with van der Waals surface area (Å²) >= 11 is 0. The number of nitrogens with zero attached hydrogens (tertiary/aromatic N) is 3. The van der Waals surface area contributed by atoms with Crippen LogP contribution in [0.2, 0.25) is 0 Å². The minimum Gasteiger partial charge on any atom is -0.495 e. The molecule has 2 heterocycles. The number of carbonyl (C=O) groups excluding carboxylic acids is 2. The minimum absolute atomic E-state index is 0.0200. The number of rotatable bonds is 6. The van der Waals surface area contributed by atoms with Gasteiger partial charge in [-0.2, -0.15) is 4.31 Å². The van der Waals surface area contributed by atoms with Gasteiger partial charge in [-0.05, 0) is 62.4 Å². The maximum atomic E-state index is 13.8. The molecule has 2 fully saturated rings. The van der Waals surface area contributed by atoms with Crippen molar-refractivity contribution in [2.75, 3.05) is 58.7 Å². The Labute approximate surface area is 210 Å². The number of sulfonamides is 1. The van der Waals surface area contributed by atoms with Gasteiger partial charge in [-0.3, -0.25) is 9.59 Å². The first kappa shape index (κ1) is 26.1. The SMILES string of the molecule is COc1ccc(F)cc1S(=O)(=O)N1CCC[C@H](C(=O)Nc2ccc(C(=O)N3CCN(C)CC3)cc2)C1. The van der Waals surface area contributed by atoms with Crippen molar-refractivity contribution in [3.8, 4) is 5.75 Å². The van der Waals surface area contributed by atoms with Crippen molar-refractivity contribution < 1.29 is 27.1 Å². The molecule has 0 aliphatic carbocycles. The van der Waals surface area contributed by atoms with Crippen LogP contribution in [0.1, 0.15) is 23.2 Å². The maximum absolute atomic E-state index is 13.8. The van der Waals surface area contributed by atoms with Gasteiger partial charge >= 0.3 is 0 Å². The van der Waals surface area contributed by atoms with Crippen LogP contribution < -0.4 is 10.1 Å². The lowest BCUT2D eigenvalue weighted by molar-refractivity contribution is -0.120. The highest BCUT2D eigenvalue weighted by molar-refractivity contribution is 7.89. The summed E-state index contributed by atoms with van der Waals surface area (Å²) < 4.78 is 46.5. The normalized spacial score (nSPS) is 19.6. The summed E-state index contributed by atoms with van der Waals surface area (Å²) in [6, 6.07) is 10.1. The lowest BCUT2D eigenvalue weighted by Gasteiger charge is -2.32. The summed E-state index contributed by atoms with van der Waals surface area (Å²) in [4.78, 5) is 29.4. The van der Waals surface area contributed by atoms with Gasteiger partial charge in [-0.1, -0.05) is 0 Å². The van der Waals surface area contributed by atoms with Gasteiger partial charge < -0.3 is 19.9 Å². The molecule has 2 saturated heterocycles. The lowest BCUT2D eigenvalue weighted by atomic mass is 9.98. The summed E-state index contributed by atoms with van der Waals surface area (Å²) in [5.74, 6) is -1.55. The van der Waals surface area contributed by atoms with Crippen molar-refractivity contribution in [3.05, 3.63) is 53.8 Å². The Morgan fingerprint density at radius 2 is 1.72 bits per heavy atom. The monoisotopic (exact) mass is 518 g/mol. The highest BCUT2D eigenvalue weighted by atomic mass is 32.2. The summed E-state index contributed by atoms with van der Waals surface area (Å²) in [5.41, 5.74) is 1.08. The van der Waals surface area contributed by atoms with Crippen LogP contribution in [0.5, 0.6) is 5.75 Å². The first-order valence-corrected chi connectivity index (χ1v) is 13.4. The number of halogens is 1. The average molecular weight is 519 g/mol. The summed E-state index contributed by atoms with van der Waals surface area (Å²) in [6.07, 6.45) is 1.02. The molecule has 4 rings (SSSR count). The van der Waals surface area contributed by atoms with Crippen LogP contribution in [0.25, 0.3) is 0 Å². The summed E-state index contributed by atoms with van der Waals surface area (Å²) in [6.45, 7) is 3.23. The molecular formula is C25H31FN4O5S. The molecule has 0 bridgehead atoms. The molecule has 0 unspecified atom stereocenters. The number of hydrogen-bond donors (Lipinski definition) is 1. The zero-order chi connectivity index (χ0) is 25.9. The average Bonchev–Trinajstić information content (AvgIpc) is 2.89. The molecule has 2 aromatic rings. The molecule has 194 valence electrons. The molecule has 2 aromatic carbocycles. The number of piperidine rings is 1. The highest BCUT2D eigenvalue weighted by Gasteiger charge is 2.35. The molecular weight excluding hydrogens is 487 g/mol. The van der Waals surface area contributed by atoms with Crippen LogP contribution in [0.15, 0.2) is 47.4 Å². The van der Waals surface area contributed by atoms with E-state index < -0.39 is 21.8 Å². The number of benzene rings is 2. The van der Waals surface area contributed by atoms with Crippen LogP contribution in [-0.4, -0.2) is 87.8 Å². The molecule has 0 aromatic heterocycles. The van der Waals surface area contributed by atoms with Crippen molar-refractivity contribution in [1.82, 2.24) is 14.1 Å². The highest BCUT2D eigenvalue weighted by Crippen LogP contribution is 2.30. The van der Waals surface area contributed by atoms with Gasteiger partial charge in [-0.15, -0.1) is 0 Å². The molecule has 0 spiro atoms. The van der Waals surface area contributed by atoms with Gasteiger partial charge in [0.2, 0.25) is 15.9 Å². The van der Waals surface area contributed by atoms with Crippen molar-refractivity contribution in [3.63, 3.8) is 0 Å². The minimum atomic E-state index is -4.05. The van der Waals surface area contributed by atoms with E-state index >= 15 is 0 Å². The zero-order valence-corrected chi connectivity index (χ0v) is 21.3. The number of nitrogens with one attached hydrogen (secondary N) is 1. The third-order valence-electron chi connectivity index (χ3n) is 6.69. The van der Waals surface area contributed by atoms with E-state index in [2.05, 4.69) is 10.2 Å². The predicted molar refractivity (Wildman–Crippen MR) is 133 cm³/mol. The molecule has 36 heavy (non-hydrogen) atoms. The van der Waals surface area contributed by atoms with E-state index in [1.54, 1.807) is 24.3 Å². The van der Waals surface area contributed by atoms with E-state index in [1.807, 2.05) is 11.9 Å². The van der Waals surface area contributed by atoms with E-state index in [0.29, 0.717) is 37.2 Å². The Hall–Kier alpha value is -3.02. The fourth-order valence-corrected chi connectivity index (χ4v) is 6.19. The van der Waals surface area contributed by atoms with Gasteiger partial charge in [0, 0.05) is 50.5 Å². The smallest absolute Gasteiger partial charge is 0.253 e. The second kappa shape index (κ2) is 10.9. The Morgan fingerprint density at radius 1 is 1.03 bits per heavy atom. The van der Waals surface area contributed by atoms with Gasteiger partial charge in [0.1, 0.15) is 16.5 Å². The van der Waals surface area contributed by atoms with E-state index in [-0.39, 0.29) is 35.5 Å². The quantitative estimate of drug-likeness (QED) is 0.630. The topological polar surface area (TPSA) is 99.3 Å². The van der Waals surface area contributed by atoms with Gasteiger partial charge in [0.05, 0.1) is 13.0 Å². The Kier molecular flexibility index (Phi) is 7.91.